The van der Waals surface area contributed by atoms with Crippen molar-refractivity contribution < 1.29 is 14.4 Å². The molecule has 1 saturated heterocycles. The van der Waals surface area contributed by atoms with Crippen molar-refractivity contribution in [3.8, 4) is 0 Å². The van der Waals surface area contributed by atoms with E-state index in [4.69, 9.17) is 0 Å². The highest BCUT2D eigenvalue weighted by Gasteiger charge is 2.43. The van der Waals surface area contributed by atoms with Gasteiger partial charge >= 0.3 is 6.03 Å². The molecule has 24 heavy (non-hydrogen) atoms. The van der Waals surface area contributed by atoms with Crippen molar-refractivity contribution in [2.45, 2.75) is 45.6 Å². The van der Waals surface area contributed by atoms with Crippen LogP contribution in [-0.4, -0.2) is 41.4 Å². The van der Waals surface area contributed by atoms with Gasteiger partial charge in [-0.3, -0.25) is 14.5 Å². The number of urea groups is 1. The highest BCUT2D eigenvalue weighted by molar-refractivity contribution is 6.06. The molecule has 1 fully saturated rings. The summed E-state index contributed by atoms with van der Waals surface area (Å²) in [6.45, 7) is 6.24. The van der Waals surface area contributed by atoms with Gasteiger partial charge in [-0.25, -0.2) is 4.79 Å². The lowest BCUT2D eigenvalue weighted by molar-refractivity contribution is -0.130. The summed E-state index contributed by atoms with van der Waals surface area (Å²) in [5.41, 5.74) is 1.58. The summed E-state index contributed by atoms with van der Waals surface area (Å²) in [6, 6.07) is 7.71. The lowest BCUT2D eigenvalue weighted by atomic mass is 10.1. The predicted octanol–water partition coefficient (Wildman–Crippen LogP) is 1.76. The van der Waals surface area contributed by atoms with Crippen LogP contribution in [0.25, 0.3) is 0 Å². The minimum Gasteiger partial charge on any atom is -0.356 e. The van der Waals surface area contributed by atoms with E-state index in [0.717, 1.165) is 6.42 Å². The topological polar surface area (TPSA) is 78.5 Å². The summed E-state index contributed by atoms with van der Waals surface area (Å²) in [4.78, 5) is 36.8. The summed E-state index contributed by atoms with van der Waals surface area (Å²) in [6.07, 6.45) is 1.55. The number of hydrogen-bond donors (Lipinski definition) is 2. The van der Waals surface area contributed by atoms with E-state index >= 15 is 0 Å². The minimum absolute atomic E-state index is 0.0603. The van der Waals surface area contributed by atoms with Crippen LogP contribution in [0.4, 0.5) is 4.79 Å². The molecule has 0 bridgehead atoms. The van der Waals surface area contributed by atoms with E-state index in [-0.39, 0.29) is 24.4 Å². The number of benzene rings is 1. The van der Waals surface area contributed by atoms with E-state index < -0.39 is 5.54 Å². The Labute approximate surface area is 142 Å². The smallest absolute Gasteiger partial charge is 0.325 e. The lowest BCUT2D eigenvalue weighted by Crippen LogP contribution is -2.40. The van der Waals surface area contributed by atoms with Crippen molar-refractivity contribution in [2.75, 3.05) is 13.1 Å². The molecule has 0 saturated carbocycles. The van der Waals surface area contributed by atoms with Crippen LogP contribution in [0.15, 0.2) is 24.3 Å². The third-order valence-electron chi connectivity index (χ3n) is 4.21. The molecule has 0 atom stereocenters. The van der Waals surface area contributed by atoms with Gasteiger partial charge in [0, 0.05) is 19.5 Å². The van der Waals surface area contributed by atoms with Crippen LogP contribution in [0.2, 0.25) is 0 Å². The van der Waals surface area contributed by atoms with Gasteiger partial charge in [-0.15, -0.1) is 0 Å². The van der Waals surface area contributed by atoms with Gasteiger partial charge in [-0.1, -0.05) is 24.3 Å². The molecule has 0 aromatic heterocycles. The first kappa shape index (κ1) is 18.0. The average Bonchev–Trinajstić information content (AvgIpc) is 2.71. The molecule has 1 aliphatic rings. The molecule has 0 aliphatic carbocycles. The quantitative estimate of drug-likeness (QED) is 0.747. The van der Waals surface area contributed by atoms with Crippen LogP contribution in [-0.2, 0) is 16.0 Å². The molecule has 2 rings (SSSR count). The Morgan fingerprint density at radius 3 is 2.58 bits per heavy atom. The second-order valence-electron chi connectivity index (χ2n) is 6.64. The van der Waals surface area contributed by atoms with Gasteiger partial charge in [0.05, 0.1) is 0 Å². The zero-order valence-electron chi connectivity index (χ0n) is 14.5. The molecule has 4 amide bonds. The predicted molar refractivity (Wildman–Crippen MR) is 91.5 cm³/mol. The Bertz CT molecular complexity index is 640. The van der Waals surface area contributed by atoms with Crippen molar-refractivity contribution in [3.05, 3.63) is 35.4 Å². The lowest BCUT2D eigenvalue weighted by Gasteiger charge is -2.15. The third-order valence-corrected chi connectivity index (χ3v) is 4.21. The number of amides is 4. The van der Waals surface area contributed by atoms with Gasteiger partial charge in [-0.05, 0) is 44.7 Å². The molecule has 2 N–H and O–H groups in total. The summed E-state index contributed by atoms with van der Waals surface area (Å²) in [5.74, 6) is -0.303. The van der Waals surface area contributed by atoms with Gasteiger partial charge in [0.1, 0.15) is 5.54 Å². The number of aryl methyl sites for hydroxylation is 1. The number of carbonyl (C=O) groups excluding carboxylic acids is 3. The average molecular weight is 331 g/mol. The zero-order chi connectivity index (χ0) is 17.7. The molecule has 6 heteroatoms. The van der Waals surface area contributed by atoms with Crippen molar-refractivity contribution >= 4 is 17.8 Å². The molecule has 1 heterocycles. The van der Waals surface area contributed by atoms with E-state index in [2.05, 4.69) is 29.7 Å². The van der Waals surface area contributed by atoms with Gasteiger partial charge in [0.2, 0.25) is 5.91 Å². The molecule has 1 aromatic rings. The Morgan fingerprint density at radius 1 is 1.25 bits per heavy atom. The highest BCUT2D eigenvalue weighted by Crippen LogP contribution is 2.16. The fraction of sp³-hybridized carbons (Fsp3) is 0.500. The summed E-state index contributed by atoms with van der Waals surface area (Å²) < 4.78 is 0. The fourth-order valence-corrected chi connectivity index (χ4v) is 2.73. The number of hydrogen-bond acceptors (Lipinski definition) is 3. The monoisotopic (exact) mass is 331 g/mol. The largest absolute Gasteiger partial charge is 0.356 e. The third kappa shape index (κ3) is 4.34. The molecular formula is C18H25N3O3. The van der Waals surface area contributed by atoms with Gasteiger partial charge in [0.15, 0.2) is 0 Å². The number of carbonyl (C=O) groups is 3. The highest BCUT2D eigenvalue weighted by atomic mass is 16.2. The minimum atomic E-state index is -0.854. The molecular weight excluding hydrogens is 306 g/mol. The van der Waals surface area contributed by atoms with Gasteiger partial charge < -0.3 is 10.6 Å². The molecule has 1 aromatic carbocycles. The van der Waals surface area contributed by atoms with Gasteiger partial charge in [0.25, 0.3) is 5.91 Å². The van der Waals surface area contributed by atoms with Crippen LogP contribution >= 0.6 is 0 Å². The second-order valence-corrected chi connectivity index (χ2v) is 6.64. The van der Waals surface area contributed by atoms with Crippen molar-refractivity contribution in [1.29, 1.82) is 0 Å². The molecule has 0 radical (unpaired) electrons. The Balaban J connectivity index is 1.68. The molecule has 0 unspecified atom stereocenters. The zero-order valence-corrected chi connectivity index (χ0v) is 14.5. The second kappa shape index (κ2) is 7.47. The first-order valence-corrected chi connectivity index (χ1v) is 8.26. The van der Waals surface area contributed by atoms with Crippen LogP contribution in [0.1, 0.15) is 37.8 Å². The SMILES string of the molecule is Cc1ccccc1CCNC(=O)CCCN1C(=O)NC(C)(C)C1=O. The van der Waals surface area contributed by atoms with Gasteiger partial charge in [-0.2, -0.15) is 0 Å². The number of rotatable bonds is 7. The molecule has 130 valence electrons. The fourth-order valence-electron chi connectivity index (χ4n) is 2.73. The van der Waals surface area contributed by atoms with E-state index in [0.29, 0.717) is 19.4 Å². The van der Waals surface area contributed by atoms with Crippen LogP contribution < -0.4 is 10.6 Å². The number of nitrogens with one attached hydrogen (secondary N) is 2. The first-order chi connectivity index (χ1) is 11.3. The maximum absolute atomic E-state index is 12.0. The van der Waals surface area contributed by atoms with E-state index in [1.165, 1.54) is 16.0 Å². The van der Waals surface area contributed by atoms with E-state index in [9.17, 15) is 14.4 Å². The van der Waals surface area contributed by atoms with Crippen LogP contribution in [0, 0.1) is 6.92 Å². The summed E-state index contributed by atoms with van der Waals surface area (Å²) >= 11 is 0. The maximum atomic E-state index is 12.0. The maximum Gasteiger partial charge on any atom is 0.325 e. The van der Waals surface area contributed by atoms with Crippen LogP contribution in [0.3, 0.4) is 0 Å². The number of imide groups is 1. The Morgan fingerprint density at radius 2 is 1.96 bits per heavy atom. The molecule has 0 spiro atoms. The van der Waals surface area contributed by atoms with Crippen molar-refractivity contribution in [2.24, 2.45) is 0 Å². The first-order valence-electron chi connectivity index (χ1n) is 8.26. The summed E-state index contributed by atoms with van der Waals surface area (Å²) in [5, 5.41) is 5.51. The Hall–Kier alpha value is -2.37. The summed E-state index contributed by atoms with van der Waals surface area (Å²) in [7, 11) is 0. The number of nitrogens with zero attached hydrogens (tertiary/aromatic N) is 1. The Kier molecular flexibility index (Phi) is 5.59. The van der Waals surface area contributed by atoms with E-state index in [1.54, 1.807) is 13.8 Å². The molecule has 6 nitrogen and oxygen atoms in total. The normalized spacial score (nSPS) is 16.2. The molecule has 1 aliphatic heterocycles. The van der Waals surface area contributed by atoms with Crippen molar-refractivity contribution in [1.82, 2.24) is 15.5 Å². The van der Waals surface area contributed by atoms with E-state index in [1.807, 2.05) is 12.1 Å². The van der Waals surface area contributed by atoms with Crippen LogP contribution in [0.5, 0.6) is 0 Å². The standard InChI is InChI=1S/C18H25N3O3/c1-13-7-4-5-8-14(13)10-11-19-15(22)9-6-12-21-16(23)18(2,3)20-17(21)24/h4-5,7-8H,6,9-12H2,1-3H3,(H,19,22)(H,20,24). The van der Waals surface area contributed by atoms with Crippen molar-refractivity contribution in [3.63, 3.8) is 0 Å².